The Hall–Kier alpha value is -0.970. The molecule has 0 aromatic rings. The van der Waals surface area contributed by atoms with Crippen LogP contribution in [-0.2, 0) is 9.53 Å². The highest BCUT2D eigenvalue weighted by atomic mass is 35.5. The first-order chi connectivity index (χ1) is 5.13. The summed E-state index contributed by atoms with van der Waals surface area (Å²) in [6.45, 7) is 1.54. The van der Waals surface area contributed by atoms with Crippen LogP contribution in [0.2, 0.25) is 0 Å². The van der Waals surface area contributed by atoms with E-state index in [1.807, 2.05) is 0 Å². The first-order valence-electron chi connectivity index (χ1n) is 3.01. The molecule has 6 nitrogen and oxygen atoms in total. The van der Waals surface area contributed by atoms with Crippen LogP contribution in [0.1, 0.15) is 6.92 Å². The van der Waals surface area contributed by atoms with Crippen LogP contribution in [0.25, 0.3) is 10.4 Å². The van der Waals surface area contributed by atoms with Crippen LogP contribution in [0.4, 0.5) is 0 Å². The molecule has 0 saturated heterocycles. The lowest BCUT2D eigenvalue weighted by molar-refractivity contribution is -0.142. The van der Waals surface area contributed by atoms with Gasteiger partial charge in [0, 0.05) is 4.91 Å². The summed E-state index contributed by atoms with van der Waals surface area (Å²) >= 11 is 0. The molecular formula is C5H11ClN4O2. The highest BCUT2D eigenvalue weighted by Crippen LogP contribution is 1.97. The van der Waals surface area contributed by atoms with E-state index in [1.165, 1.54) is 7.11 Å². The predicted octanol–water partition coefficient (Wildman–Crippen LogP) is 0.607. The fourth-order valence-electron chi connectivity index (χ4n) is 0.486. The summed E-state index contributed by atoms with van der Waals surface area (Å²) in [6, 6.07) is -1.46. The zero-order valence-electron chi connectivity index (χ0n) is 6.80. The van der Waals surface area contributed by atoms with Gasteiger partial charge in [0.2, 0.25) is 0 Å². The molecule has 2 unspecified atom stereocenters. The van der Waals surface area contributed by atoms with E-state index in [0.717, 1.165) is 0 Å². The van der Waals surface area contributed by atoms with Crippen molar-refractivity contribution < 1.29 is 9.53 Å². The molecule has 7 heteroatoms. The van der Waals surface area contributed by atoms with Gasteiger partial charge < -0.3 is 10.5 Å². The molecule has 0 amide bonds. The van der Waals surface area contributed by atoms with Crippen molar-refractivity contribution in [3.63, 3.8) is 0 Å². The summed E-state index contributed by atoms with van der Waals surface area (Å²) in [6.07, 6.45) is 0. The smallest absolute Gasteiger partial charge is 0.323 e. The zero-order chi connectivity index (χ0) is 8.85. The SMILES string of the molecule is COC(=O)C(N)C(C)N=[N+]=[N-].Cl. The Balaban J connectivity index is 0. The number of azide groups is 1. The molecule has 70 valence electrons. The second kappa shape index (κ2) is 6.72. The Labute approximate surface area is 76.1 Å². The van der Waals surface area contributed by atoms with Gasteiger partial charge in [0.25, 0.3) is 0 Å². The van der Waals surface area contributed by atoms with E-state index < -0.39 is 18.1 Å². The van der Waals surface area contributed by atoms with Gasteiger partial charge in [-0.2, -0.15) is 0 Å². The molecule has 0 aliphatic rings. The zero-order valence-corrected chi connectivity index (χ0v) is 7.61. The summed E-state index contributed by atoms with van der Waals surface area (Å²) in [7, 11) is 1.23. The number of rotatable bonds is 3. The van der Waals surface area contributed by atoms with Crippen LogP contribution in [-0.4, -0.2) is 25.2 Å². The maximum atomic E-state index is 10.7. The summed E-state index contributed by atoms with van der Waals surface area (Å²) in [5.74, 6) is -0.579. The van der Waals surface area contributed by atoms with Gasteiger partial charge >= 0.3 is 5.97 Å². The average molecular weight is 195 g/mol. The molecule has 12 heavy (non-hydrogen) atoms. The summed E-state index contributed by atoms with van der Waals surface area (Å²) in [5.41, 5.74) is 13.3. The highest BCUT2D eigenvalue weighted by molar-refractivity contribution is 5.85. The van der Waals surface area contributed by atoms with Gasteiger partial charge in [0.1, 0.15) is 6.04 Å². The lowest BCUT2D eigenvalue weighted by atomic mass is 10.2. The van der Waals surface area contributed by atoms with Gasteiger partial charge in [-0.05, 0) is 5.53 Å². The molecule has 0 radical (unpaired) electrons. The van der Waals surface area contributed by atoms with Gasteiger partial charge in [0.05, 0.1) is 13.2 Å². The number of carbonyl (C=O) groups excluding carboxylic acids is 1. The number of carbonyl (C=O) groups is 1. The molecule has 0 spiro atoms. The van der Waals surface area contributed by atoms with Gasteiger partial charge in [-0.3, -0.25) is 4.79 Å². The molecule has 0 rings (SSSR count). The minimum atomic E-state index is -0.879. The van der Waals surface area contributed by atoms with Crippen molar-refractivity contribution in [2.75, 3.05) is 7.11 Å². The third kappa shape index (κ3) is 4.02. The molecule has 0 aliphatic heterocycles. The number of methoxy groups -OCH3 is 1. The Morgan fingerprint density at radius 2 is 2.25 bits per heavy atom. The molecule has 2 N–H and O–H groups in total. The maximum absolute atomic E-state index is 10.7. The van der Waals surface area contributed by atoms with Gasteiger partial charge in [-0.1, -0.05) is 12.0 Å². The van der Waals surface area contributed by atoms with Crippen LogP contribution in [0.3, 0.4) is 0 Å². The summed E-state index contributed by atoms with van der Waals surface area (Å²) in [5, 5.41) is 3.25. The van der Waals surface area contributed by atoms with Crippen LogP contribution in [0.15, 0.2) is 5.11 Å². The highest BCUT2D eigenvalue weighted by Gasteiger charge is 2.19. The van der Waals surface area contributed by atoms with Gasteiger partial charge in [-0.25, -0.2) is 0 Å². The van der Waals surface area contributed by atoms with E-state index in [-0.39, 0.29) is 12.4 Å². The number of nitrogens with zero attached hydrogens (tertiary/aromatic N) is 3. The number of nitrogens with two attached hydrogens (primary N) is 1. The van der Waals surface area contributed by atoms with Gasteiger partial charge in [0.15, 0.2) is 0 Å². The Bertz CT molecular complexity index is 192. The summed E-state index contributed by atoms with van der Waals surface area (Å²) < 4.78 is 4.33. The van der Waals surface area contributed by atoms with E-state index in [9.17, 15) is 4.79 Å². The minimum Gasteiger partial charge on any atom is -0.468 e. The molecule has 0 aromatic carbocycles. The van der Waals surface area contributed by atoms with E-state index in [1.54, 1.807) is 6.92 Å². The molecule has 0 bridgehead atoms. The van der Waals surface area contributed by atoms with Crippen LogP contribution in [0.5, 0.6) is 0 Å². The van der Waals surface area contributed by atoms with Crippen molar-refractivity contribution >= 4 is 18.4 Å². The number of halogens is 1. The van der Waals surface area contributed by atoms with Crippen molar-refractivity contribution in [2.45, 2.75) is 19.0 Å². The topological polar surface area (TPSA) is 101 Å². The molecule has 0 aliphatic carbocycles. The van der Waals surface area contributed by atoms with Crippen molar-refractivity contribution in [3.8, 4) is 0 Å². The maximum Gasteiger partial charge on any atom is 0.323 e. The quantitative estimate of drug-likeness (QED) is 0.308. The van der Waals surface area contributed by atoms with Crippen molar-refractivity contribution in [1.82, 2.24) is 0 Å². The van der Waals surface area contributed by atoms with Crippen molar-refractivity contribution in [2.24, 2.45) is 10.8 Å². The lowest BCUT2D eigenvalue weighted by Gasteiger charge is -2.11. The standard InChI is InChI=1S/C5H10N4O2.ClH/c1-3(8-9-7)4(6)5(10)11-2;/h3-4H,6H2,1-2H3;1H. The monoisotopic (exact) mass is 194 g/mol. The average Bonchev–Trinajstić information content (AvgIpc) is 2.02. The Morgan fingerprint density at radius 3 is 2.58 bits per heavy atom. The largest absolute Gasteiger partial charge is 0.468 e. The van der Waals surface area contributed by atoms with Crippen LogP contribution < -0.4 is 5.73 Å². The van der Waals surface area contributed by atoms with Gasteiger partial charge in [-0.15, -0.1) is 12.4 Å². The Morgan fingerprint density at radius 1 is 1.75 bits per heavy atom. The second-order valence-electron chi connectivity index (χ2n) is 1.99. The van der Waals surface area contributed by atoms with E-state index in [0.29, 0.717) is 0 Å². The van der Waals surface area contributed by atoms with Crippen LogP contribution >= 0.6 is 12.4 Å². The number of hydrogen-bond acceptors (Lipinski definition) is 4. The normalized spacial score (nSPS) is 13.2. The number of hydrogen-bond donors (Lipinski definition) is 1. The molecule has 2 atom stereocenters. The van der Waals surface area contributed by atoms with Crippen LogP contribution in [0, 0.1) is 0 Å². The molecular weight excluding hydrogens is 184 g/mol. The van der Waals surface area contributed by atoms with E-state index in [2.05, 4.69) is 14.8 Å². The third-order valence-electron chi connectivity index (χ3n) is 1.23. The van der Waals surface area contributed by atoms with Crippen molar-refractivity contribution in [3.05, 3.63) is 10.4 Å². The van der Waals surface area contributed by atoms with E-state index in [4.69, 9.17) is 11.3 Å². The molecule has 0 fully saturated rings. The fourth-order valence-corrected chi connectivity index (χ4v) is 0.486. The summed E-state index contributed by atoms with van der Waals surface area (Å²) in [4.78, 5) is 13.2. The molecule has 0 saturated carbocycles. The number of ether oxygens (including phenoxy) is 1. The second-order valence-corrected chi connectivity index (χ2v) is 1.99. The minimum absolute atomic E-state index is 0. The molecule has 0 heterocycles. The molecule has 0 aromatic heterocycles. The first kappa shape index (κ1) is 13.6. The van der Waals surface area contributed by atoms with E-state index >= 15 is 0 Å². The lowest BCUT2D eigenvalue weighted by Crippen LogP contribution is -2.39. The Kier molecular flexibility index (Phi) is 7.62. The predicted molar refractivity (Wildman–Crippen MR) is 45.8 cm³/mol. The van der Waals surface area contributed by atoms with Crippen molar-refractivity contribution in [1.29, 1.82) is 0 Å². The first-order valence-corrected chi connectivity index (χ1v) is 3.01. The third-order valence-corrected chi connectivity index (χ3v) is 1.23. The fraction of sp³-hybridized carbons (Fsp3) is 0.800. The number of esters is 1.